The Bertz CT molecular complexity index is 269. The lowest BCUT2D eigenvalue weighted by molar-refractivity contribution is 0.775. The van der Waals surface area contributed by atoms with Crippen LogP contribution in [0, 0.1) is 0 Å². The average Bonchev–Trinajstić information content (AvgIpc) is 2.33. The molecule has 17 heavy (non-hydrogen) atoms. The van der Waals surface area contributed by atoms with E-state index in [1.165, 1.54) is 23.5 Å². The van der Waals surface area contributed by atoms with Crippen molar-refractivity contribution in [3.8, 4) is 0 Å². The van der Waals surface area contributed by atoms with Crippen LogP contribution in [-0.2, 0) is 0 Å². The van der Waals surface area contributed by atoms with E-state index in [2.05, 4.69) is 36.9 Å². The van der Waals surface area contributed by atoms with E-state index in [4.69, 9.17) is 0 Å². The molecular weight excluding hydrogens is 219 g/mol. The van der Waals surface area contributed by atoms with Gasteiger partial charge in [-0.05, 0) is 19.3 Å². The first-order valence-corrected chi connectivity index (χ1v) is 6.97. The third-order valence-electron chi connectivity index (χ3n) is 2.91. The van der Waals surface area contributed by atoms with Crippen LogP contribution in [0.15, 0.2) is 48.6 Å². The van der Waals surface area contributed by atoms with Crippen molar-refractivity contribution in [3.63, 3.8) is 0 Å². The van der Waals surface area contributed by atoms with Gasteiger partial charge in [0.1, 0.15) is 0 Å². The number of allylic oxidation sites excluding steroid dienone is 4. The molecule has 0 aromatic carbocycles. The van der Waals surface area contributed by atoms with Crippen molar-refractivity contribution in [2.24, 2.45) is 0 Å². The van der Waals surface area contributed by atoms with Gasteiger partial charge in [-0.25, -0.2) is 0 Å². The Labute approximate surface area is 111 Å². The van der Waals surface area contributed by atoms with Gasteiger partial charge in [0.2, 0.25) is 0 Å². The molecule has 0 aromatic rings. The average molecular weight is 243 g/mol. The summed E-state index contributed by atoms with van der Waals surface area (Å²) < 4.78 is 0. The lowest BCUT2D eigenvalue weighted by Gasteiger charge is -2.16. The zero-order valence-electron chi connectivity index (χ0n) is 11.2. The monoisotopic (exact) mass is 243 g/mol. The number of hydrogen-bond donors (Lipinski definition) is 0. The van der Waals surface area contributed by atoms with Crippen molar-refractivity contribution in [1.29, 1.82) is 0 Å². The number of unbranched alkanes of at least 4 members (excludes halogenated alkanes) is 1. The Balaban J connectivity index is 4.87. The SMILES string of the molecule is C=CCB(CC=C)/C([Si])=C(\CC=C)CCCC. The van der Waals surface area contributed by atoms with Gasteiger partial charge in [0.25, 0.3) is 0 Å². The first kappa shape index (κ1) is 16.2. The fourth-order valence-electron chi connectivity index (χ4n) is 1.93. The molecule has 0 aliphatic heterocycles. The summed E-state index contributed by atoms with van der Waals surface area (Å²) in [4.78, 5) is 0. The molecule has 0 spiro atoms. The summed E-state index contributed by atoms with van der Waals surface area (Å²) in [6, 6.07) is 0. The van der Waals surface area contributed by atoms with E-state index >= 15 is 0 Å². The quantitative estimate of drug-likeness (QED) is 0.389. The minimum absolute atomic E-state index is 0.494. The zero-order valence-corrected chi connectivity index (χ0v) is 12.2. The summed E-state index contributed by atoms with van der Waals surface area (Å²) in [5.41, 5.74) is 1.48. The maximum Gasteiger partial charge on any atom is 0.172 e. The van der Waals surface area contributed by atoms with Crippen molar-refractivity contribution in [2.45, 2.75) is 45.2 Å². The summed E-state index contributed by atoms with van der Waals surface area (Å²) in [5.74, 6) is 0. The summed E-state index contributed by atoms with van der Waals surface area (Å²) in [6.07, 6.45) is 12.6. The third kappa shape index (κ3) is 6.52. The van der Waals surface area contributed by atoms with Crippen LogP contribution in [0.1, 0.15) is 32.6 Å². The fraction of sp³-hybridized carbons (Fsp3) is 0.467. The molecular formula is C15H24BSi. The molecule has 0 rings (SSSR count). The van der Waals surface area contributed by atoms with Crippen molar-refractivity contribution >= 4 is 17.0 Å². The summed E-state index contributed by atoms with van der Waals surface area (Å²) in [5, 5.41) is 1.33. The van der Waals surface area contributed by atoms with Crippen molar-refractivity contribution in [1.82, 2.24) is 0 Å². The van der Waals surface area contributed by atoms with E-state index in [-0.39, 0.29) is 0 Å². The Morgan fingerprint density at radius 2 is 1.71 bits per heavy atom. The highest BCUT2D eigenvalue weighted by molar-refractivity contribution is 6.77. The molecule has 2 heteroatoms. The maximum absolute atomic E-state index is 3.85. The topological polar surface area (TPSA) is 0 Å². The van der Waals surface area contributed by atoms with E-state index in [1.807, 2.05) is 18.2 Å². The molecule has 0 bridgehead atoms. The van der Waals surface area contributed by atoms with E-state index in [0.29, 0.717) is 6.71 Å². The fourth-order valence-corrected chi connectivity index (χ4v) is 2.40. The second-order valence-corrected chi connectivity index (χ2v) is 4.90. The summed E-state index contributed by atoms with van der Waals surface area (Å²) >= 11 is 0. The number of hydrogen-bond acceptors (Lipinski definition) is 0. The first-order valence-electron chi connectivity index (χ1n) is 6.47. The second kappa shape index (κ2) is 10.4. The summed E-state index contributed by atoms with van der Waals surface area (Å²) in [7, 11) is 3.84. The lowest BCUT2D eigenvalue weighted by Crippen LogP contribution is -2.17. The van der Waals surface area contributed by atoms with Gasteiger partial charge in [-0.3, -0.25) is 0 Å². The van der Waals surface area contributed by atoms with Crippen LogP contribution in [-0.4, -0.2) is 17.0 Å². The first-order chi connectivity index (χ1) is 8.21. The predicted octanol–water partition coefficient (Wildman–Crippen LogP) is 4.58. The van der Waals surface area contributed by atoms with Crippen LogP contribution in [0.25, 0.3) is 0 Å². The van der Waals surface area contributed by atoms with E-state index in [1.54, 1.807) is 0 Å². The van der Waals surface area contributed by atoms with Crippen LogP contribution in [0.4, 0.5) is 0 Å². The molecule has 0 unspecified atom stereocenters. The van der Waals surface area contributed by atoms with Gasteiger partial charge >= 0.3 is 0 Å². The van der Waals surface area contributed by atoms with E-state index in [9.17, 15) is 0 Å². The molecule has 0 saturated carbocycles. The molecule has 0 atom stereocenters. The van der Waals surface area contributed by atoms with Gasteiger partial charge in [0.05, 0.1) is 10.2 Å². The van der Waals surface area contributed by atoms with E-state index in [0.717, 1.165) is 25.5 Å². The Hall–Kier alpha value is -0.758. The Morgan fingerprint density at radius 1 is 1.12 bits per heavy atom. The van der Waals surface area contributed by atoms with Crippen LogP contribution < -0.4 is 0 Å². The molecule has 0 fully saturated rings. The van der Waals surface area contributed by atoms with Gasteiger partial charge in [-0.2, -0.15) is 0 Å². The standard InChI is InChI=1S/C15H24BSi/c1-5-9-11-14(10-6-2)15(17)16(12-7-3)13-8-4/h6-8H,2-5,9-13H2,1H3/b15-14-. The van der Waals surface area contributed by atoms with Crippen molar-refractivity contribution < 1.29 is 0 Å². The van der Waals surface area contributed by atoms with Crippen LogP contribution >= 0.6 is 0 Å². The molecule has 0 aliphatic carbocycles. The molecule has 0 heterocycles. The third-order valence-corrected chi connectivity index (χ3v) is 3.68. The Morgan fingerprint density at radius 3 is 2.12 bits per heavy atom. The van der Waals surface area contributed by atoms with Gasteiger partial charge < -0.3 is 0 Å². The normalized spacial score (nSPS) is 11.6. The van der Waals surface area contributed by atoms with Crippen LogP contribution in [0.2, 0.25) is 12.6 Å². The summed E-state index contributed by atoms with van der Waals surface area (Å²) in [6.45, 7) is 14.2. The van der Waals surface area contributed by atoms with E-state index < -0.39 is 0 Å². The molecule has 0 nitrogen and oxygen atoms in total. The molecule has 0 aliphatic rings. The van der Waals surface area contributed by atoms with Gasteiger partial charge in [-0.1, -0.05) is 49.8 Å². The molecule has 0 aromatic heterocycles. The highest BCUT2D eigenvalue weighted by Gasteiger charge is 2.15. The van der Waals surface area contributed by atoms with Crippen LogP contribution in [0.5, 0.6) is 0 Å². The number of rotatable bonds is 10. The molecule has 0 saturated heterocycles. The minimum atomic E-state index is 0.494. The smallest absolute Gasteiger partial charge is 0.116 e. The van der Waals surface area contributed by atoms with Gasteiger partial charge in [0, 0.05) is 0 Å². The lowest BCUT2D eigenvalue weighted by atomic mass is 9.44. The van der Waals surface area contributed by atoms with Gasteiger partial charge in [0.15, 0.2) is 6.71 Å². The highest BCUT2D eigenvalue weighted by atomic mass is 28.1. The zero-order chi connectivity index (χ0) is 13.1. The highest BCUT2D eigenvalue weighted by Crippen LogP contribution is 2.20. The molecule has 0 amide bonds. The van der Waals surface area contributed by atoms with Crippen molar-refractivity contribution in [3.05, 3.63) is 48.6 Å². The molecule has 3 radical (unpaired) electrons. The second-order valence-electron chi connectivity index (χ2n) is 4.36. The molecule has 91 valence electrons. The van der Waals surface area contributed by atoms with Crippen molar-refractivity contribution in [2.75, 3.05) is 0 Å². The van der Waals surface area contributed by atoms with Crippen LogP contribution in [0.3, 0.4) is 0 Å². The largest absolute Gasteiger partial charge is 0.172 e. The molecule has 0 N–H and O–H groups in total. The predicted molar refractivity (Wildman–Crippen MR) is 82.9 cm³/mol. The minimum Gasteiger partial charge on any atom is -0.116 e. The maximum atomic E-state index is 3.85. The Kier molecular flexibility index (Phi) is 9.94. The van der Waals surface area contributed by atoms with Gasteiger partial charge in [-0.15, -0.1) is 24.8 Å².